The monoisotopic (exact) mass is 377 g/mol. The summed E-state index contributed by atoms with van der Waals surface area (Å²) in [5, 5.41) is 0. The van der Waals surface area contributed by atoms with Gasteiger partial charge in [0.25, 0.3) is 5.91 Å². The highest BCUT2D eigenvalue weighted by Gasteiger charge is 2.19. The molecule has 0 saturated carbocycles. The largest absolute Gasteiger partial charge is 0.480 e. The molecule has 0 spiro atoms. The molecule has 2 heterocycles. The Labute approximate surface area is 125 Å². The molecular formula is C12H16IN3O3. The van der Waals surface area contributed by atoms with Crippen molar-refractivity contribution >= 4 is 28.5 Å². The molecule has 1 aliphatic rings. The van der Waals surface area contributed by atoms with E-state index in [0.717, 1.165) is 29.6 Å². The van der Waals surface area contributed by atoms with E-state index in [1.165, 1.54) is 7.11 Å². The number of nitrogens with one attached hydrogen (secondary N) is 2. The Balaban J connectivity index is 1.99. The van der Waals surface area contributed by atoms with Crippen molar-refractivity contribution in [1.82, 2.24) is 15.8 Å². The van der Waals surface area contributed by atoms with E-state index in [1.807, 2.05) is 0 Å². The molecule has 2 rings (SSSR count). The lowest BCUT2D eigenvalue weighted by atomic mass is 10.1. The molecule has 1 aromatic heterocycles. The van der Waals surface area contributed by atoms with Crippen molar-refractivity contribution in [3.05, 3.63) is 21.4 Å². The second kappa shape index (κ2) is 7.01. The Kier molecular flexibility index (Phi) is 5.34. The molecule has 0 bridgehead atoms. The number of aromatic nitrogens is 1. The Morgan fingerprint density at radius 3 is 2.95 bits per heavy atom. The minimum absolute atomic E-state index is 0.235. The van der Waals surface area contributed by atoms with Crippen LogP contribution in [0.5, 0.6) is 5.88 Å². The number of hydrogen-bond donors (Lipinski definition) is 2. The summed E-state index contributed by atoms with van der Waals surface area (Å²) >= 11 is 2.09. The second-order valence-electron chi connectivity index (χ2n) is 4.16. The van der Waals surface area contributed by atoms with Crippen molar-refractivity contribution in [3.8, 4) is 5.88 Å². The number of hydrazine groups is 1. The summed E-state index contributed by atoms with van der Waals surface area (Å²) in [6.07, 6.45) is 3.40. The number of carbonyl (C=O) groups excluding carboxylic acids is 1. The van der Waals surface area contributed by atoms with Crippen molar-refractivity contribution in [1.29, 1.82) is 0 Å². The van der Waals surface area contributed by atoms with E-state index < -0.39 is 0 Å². The van der Waals surface area contributed by atoms with E-state index in [9.17, 15) is 4.79 Å². The third-order valence-corrected chi connectivity index (χ3v) is 3.80. The molecule has 0 aliphatic carbocycles. The van der Waals surface area contributed by atoms with Crippen molar-refractivity contribution in [2.75, 3.05) is 20.3 Å². The second-order valence-corrected chi connectivity index (χ2v) is 5.32. The van der Waals surface area contributed by atoms with Crippen LogP contribution in [0.3, 0.4) is 0 Å². The molecule has 0 atom stereocenters. The number of rotatable bonds is 4. The first-order chi connectivity index (χ1) is 9.22. The molecule has 1 saturated heterocycles. The van der Waals surface area contributed by atoms with Gasteiger partial charge in [0.15, 0.2) is 0 Å². The number of pyridine rings is 1. The van der Waals surface area contributed by atoms with Crippen molar-refractivity contribution in [2.45, 2.75) is 18.9 Å². The molecule has 104 valence electrons. The minimum atomic E-state index is -0.235. The normalized spacial score (nSPS) is 16.1. The molecule has 1 amide bonds. The first-order valence-electron chi connectivity index (χ1n) is 6.04. The maximum absolute atomic E-state index is 12.2. The van der Waals surface area contributed by atoms with Crippen LogP contribution in [0.4, 0.5) is 0 Å². The summed E-state index contributed by atoms with van der Waals surface area (Å²) in [5.41, 5.74) is 6.20. The number of methoxy groups -OCH3 is 1. The predicted molar refractivity (Wildman–Crippen MR) is 77.9 cm³/mol. The average Bonchev–Trinajstić information content (AvgIpc) is 2.45. The first kappa shape index (κ1) is 14.5. The molecule has 2 N–H and O–H groups in total. The van der Waals surface area contributed by atoms with Crippen LogP contribution in [0, 0.1) is 3.57 Å². The van der Waals surface area contributed by atoms with Crippen LogP contribution in [0.1, 0.15) is 23.2 Å². The SMILES string of the molecule is COc1nccc(I)c1C(=O)NNC1CCOCC1. The van der Waals surface area contributed by atoms with Gasteiger partial charge < -0.3 is 9.47 Å². The molecule has 7 heteroatoms. The topological polar surface area (TPSA) is 72.5 Å². The summed E-state index contributed by atoms with van der Waals surface area (Å²) in [4.78, 5) is 16.2. The lowest BCUT2D eigenvalue weighted by molar-refractivity contribution is 0.0693. The molecular weight excluding hydrogens is 361 g/mol. The smallest absolute Gasteiger partial charge is 0.271 e. The standard InChI is InChI=1S/C12H16IN3O3/c1-18-12-10(9(13)2-5-14-12)11(17)16-15-8-3-6-19-7-4-8/h2,5,8,15H,3-4,6-7H2,1H3,(H,16,17). The summed E-state index contributed by atoms with van der Waals surface area (Å²) in [6, 6.07) is 2.02. The van der Waals surface area contributed by atoms with Crippen LogP contribution in [0.15, 0.2) is 12.3 Å². The predicted octanol–water partition coefficient (Wildman–Crippen LogP) is 1.11. The van der Waals surface area contributed by atoms with E-state index >= 15 is 0 Å². The van der Waals surface area contributed by atoms with E-state index in [-0.39, 0.29) is 11.9 Å². The van der Waals surface area contributed by atoms with E-state index in [0.29, 0.717) is 11.4 Å². The maximum Gasteiger partial charge on any atom is 0.271 e. The van der Waals surface area contributed by atoms with Gasteiger partial charge in [-0.05, 0) is 41.5 Å². The Bertz CT molecular complexity index is 450. The van der Waals surface area contributed by atoms with E-state index in [4.69, 9.17) is 9.47 Å². The number of carbonyl (C=O) groups is 1. The molecule has 1 fully saturated rings. The zero-order valence-corrected chi connectivity index (χ0v) is 12.8. The van der Waals surface area contributed by atoms with Gasteiger partial charge in [-0.2, -0.15) is 0 Å². The van der Waals surface area contributed by atoms with Gasteiger partial charge >= 0.3 is 0 Å². The number of hydrogen-bond acceptors (Lipinski definition) is 5. The first-order valence-corrected chi connectivity index (χ1v) is 7.12. The van der Waals surface area contributed by atoms with Crippen molar-refractivity contribution < 1.29 is 14.3 Å². The minimum Gasteiger partial charge on any atom is -0.480 e. The van der Waals surface area contributed by atoms with Crippen LogP contribution >= 0.6 is 22.6 Å². The Hall–Kier alpha value is -0.930. The quantitative estimate of drug-likeness (QED) is 0.608. The summed E-state index contributed by atoms with van der Waals surface area (Å²) in [5.74, 6) is 0.0963. The zero-order chi connectivity index (χ0) is 13.7. The van der Waals surface area contributed by atoms with Crippen LogP contribution in [-0.4, -0.2) is 37.3 Å². The Morgan fingerprint density at radius 1 is 1.53 bits per heavy atom. The van der Waals surface area contributed by atoms with Gasteiger partial charge in [0.05, 0.1) is 7.11 Å². The molecule has 0 unspecified atom stereocenters. The summed E-state index contributed by atoms with van der Waals surface area (Å²) in [6.45, 7) is 1.45. The fraction of sp³-hybridized carbons (Fsp3) is 0.500. The molecule has 0 aromatic carbocycles. The molecule has 19 heavy (non-hydrogen) atoms. The average molecular weight is 377 g/mol. The number of ether oxygens (including phenoxy) is 2. The molecule has 0 radical (unpaired) electrons. The lowest BCUT2D eigenvalue weighted by Crippen LogP contribution is -2.46. The van der Waals surface area contributed by atoms with Crippen molar-refractivity contribution in [3.63, 3.8) is 0 Å². The van der Waals surface area contributed by atoms with Crippen LogP contribution < -0.4 is 15.6 Å². The molecule has 1 aromatic rings. The zero-order valence-electron chi connectivity index (χ0n) is 10.6. The van der Waals surface area contributed by atoms with E-state index in [1.54, 1.807) is 12.3 Å². The fourth-order valence-corrected chi connectivity index (χ4v) is 2.49. The Morgan fingerprint density at radius 2 is 2.26 bits per heavy atom. The molecule has 1 aliphatic heterocycles. The van der Waals surface area contributed by atoms with Gasteiger partial charge in [-0.15, -0.1) is 0 Å². The van der Waals surface area contributed by atoms with Gasteiger partial charge in [0, 0.05) is 29.0 Å². The van der Waals surface area contributed by atoms with Crippen LogP contribution in [-0.2, 0) is 4.74 Å². The van der Waals surface area contributed by atoms with Crippen LogP contribution in [0.2, 0.25) is 0 Å². The van der Waals surface area contributed by atoms with E-state index in [2.05, 4.69) is 38.4 Å². The van der Waals surface area contributed by atoms with Gasteiger partial charge in [-0.1, -0.05) is 0 Å². The van der Waals surface area contributed by atoms with Gasteiger partial charge in [0.1, 0.15) is 5.56 Å². The lowest BCUT2D eigenvalue weighted by Gasteiger charge is -2.23. The highest BCUT2D eigenvalue weighted by molar-refractivity contribution is 14.1. The van der Waals surface area contributed by atoms with Crippen LogP contribution in [0.25, 0.3) is 0 Å². The number of halogens is 1. The van der Waals surface area contributed by atoms with Gasteiger partial charge in [-0.3, -0.25) is 10.2 Å². The number of amides is 1. The third kappa shape index (κ3) is 3.77. The highest BCUT2D eigenvalue weighted by Crippen LogP contribution is 2.20. The number of nitrogens with zero attached hydrogens (tertiary/aromatic N) is 1. The van der Waals surface area contributed by atoms with Gasteiger partial charge in [0.2, 0.25) is 5.88 Å². The summed E-state index contributed by atoms with van der Waals surface area (Å²) < 4.78 is 11.2. The highest BCUT2D eigenvalue weighted by atomic mass is 127. The fourth-order valence-electron chi connectivity index (χ4n) is 1.85. The van der Waals surface area contributed by atoms with Gasteiger partial charge in [-0.25, -0.2) is 10.4 Å². The van der Waals surface area contributed by atoms with Crippen molar-refractivity contribution in [2.24, 2.45) is 0 Å². The molecule has 6 nitrogen and oxygen atoms in total. The summed E-state index contributed by atoms with van der Waals surface area (Å²) in [7, 11) is 1.50. The maximum atomic E-state index is 12.2. The third-order valence-electron chi connectivity index (χ3n) is 2.90.